The van der Waals surface area contributed by atoms with Gasteiger partial charge in [0.1, 0.15) is 5.75 Å². The van der Waals surface area contributed by atoms with Gasteiger partial charge in [-0.2, -0.15) is 0 Å². The molecule has 1 aromatic rings. The van der Waals surface area contributed by atoms with Crippen LogP contribution >= 0.6 is 15.9 Å². The second-order valence-electron chi connectivity index (χ2n) is 6.01. The number of aliphatic carboxylic acids is 1. The molecule has 0 aliphatic carbocycles. The SMILES string of the molecule is O=C(O)CC(NC(=O)CS(=O)(=O)NCC1CCCO1)c1ccc(Br)cc1. The third-order valence-corrected chi connectivity index (χ3v) is 5.64. The molecule has 1 fully saturated rings. The van der Waals surface area contributed by atoms with E-state index in [1.807, 2.05) is 0 Å². The van der Waals surface area contributed by atoms with Crippen LogP contribution in [0.15, 0.2) is 28.7 Å². The van der Waals surface area contributed by atoms with Crippen molar-refractivity contribution in [3.63, 3.8) is 0 Å². The average Bonchev–Trinajstić information content (AvgIpc) is 3.05. The number of benzene rings is 1. The minimum atomic E-state index is -3.83. The molecule has 1 saturated heterocycles. The van der Waals surface area contributed by atoms with E-state index in [9.17, 15) is 18.0 Å². The third kappa shape index (κ3) is 7.02. The maximum atomic E-state index is 12.1. The van der Waals surface area contributed by atoms with Crippen LogP contribution in [0.3, 0.4) is 0 Å². The predicted octanol–water partition coefficient (Wildman–Crippen LogP) is 1.18. The Morgan fingerprint density at radius 1 is 1.31 bits per heavy atom. The van der Waals surface area contributed by atoms with Crippen LogP contribution in [0.25, 0.3) is 0 Å². The topological polar surface area (TPSA) is 122 Å². The second-order valence-corrected chi connectivity index (χ2v) is 8.73. The molecule has 0 saturated carbocycles. The van der Waals surface area contributed by atoms with Gasteiger partial charge in [-0.3, -0.25) is 9.59 Å². The largest absolute Gasteiger partial charge is 0.481 e. The molecule has 0 aromatic heterocycles. The van der Waals surface area contributed by atoms with Crippen LogP contribution < -0.4 is 10.0 Å². The van der Waals surface area contributed by atoms with E-state index in [2.05, 4.69) is 26.0 Å². The number of hydrogen-bond donors (Lipinski definition) is 3. The number of halogens is 1. The Hall–Kier alpha value is -1.49. The fourth-order valence-corrected chi connectivity index (χ4v) is 3.84. The zero-order chi connectivity index (χ0) is 19.2. The van der Waals surface area contributed by atoms with Crippen LogP contribution in [0.4, 0.5) is 0 Å². The van der Waals surface area contributed by atoms with Crippen LogP contribution in [-0.4, -0.2) is 50.4 Å². The van der Waals surface area contributed by atoms with Gasteiger partial charge < -0.3 is 15.2 Å². The van der Waals surface area contributed by atoms with Gasteiger partial charge in [-0.05, 0) is 30.5 Å². The summed E-state index contributed by atoms with van der Waals surface area (Å²) in [4.78, 5) is 23.2. The van der Waals surface area contributed by atoms with Crippen molar-refractivity contribution < 1.29 is 27.9 Å². The lowest BCUT2D eigenvalue weighted by Gasteiger charge is -2.18. The summed E-state index contributed by atoms with van der Waals surface area (Å²) in [6.07, 6.45) is 1.14. The van der Waals surface area contributed by atoms with Gasteiger partial charge in [0, 0.05) is 17.6 Å². The maximum Gasteiger partial charge on any atom is 0.305 e. The molecule has 144 valence electrons. The van der Waals surface area contributed by atoms with E-state index in [0.29, 0.717) is 12.2 Å². The zero-order valence-corrected chi connectivity index (χ0v) is 16.4. The van der Waals surface area contributed by atoms with Crippen molar-refractivity contribution in [2.24, 2.45) is 0 Å². The summed E-state index contributed by atoms with van der Waals surface area (Å²) in [5, 5.41) is 11.5. The highest BCUT2D eigenvalue weighted by Crippen LogP contribution is 2.20. The molecule has 2 unspecified atom stereocenters. The third-order valence-electron chi connectivity index (χ3n) is 3.86. The molecule has 8 nitrogen and oxygen atoms in total. The Balaban J connectivity index is 1.94. The molecule has 1 aromatic carbocycles. The fraction of sp³-hybridized carbons (Fsp3) is 0.500. The number of rotatable bonds is 9. The van der Waals surface area contributed by atoms with Gasteiger partial charge in [0.25, 0.3) is 0 Å². The summed E-state index contributed by atoms with van der Waals surface area (Å²) in [6.45, 7) is 0.734. The lowest BCUT2D eigenvalue weighted by molar-refractivity contribution is -0.137. The lowest BCUT2D eigenvalue weighted by atomic mass is 10.0. The van der Waals surface area contributed by atoms with E-state index in [0.717, 1.165) is 17.3 Å². The van der Waals surface area contributed by atoms with Gasteiger partial charge in [0.2, 0.25) is 15.9 Å². The monoisotopic (exact) mass is 448 g/mol. The Kier molecular flexibility index (Phi) is 7.56. The van der Waals surface area contributed by atoms with Gasteiger partial charge in [-0.25, -0.2) is 13.1 Å². The minimum Gasteiger partial charge on any atom is -0.481 e. The summed E-state index contributed by atoms with van der Waals surface area (Å²) in [5.74, 6) is -2.64. The summed E-state index contributed by atoms with van der Waals surface area (Å²) >= 11 is 3.28. The first-order valence-electron chi connectivity index (χ1n) is 8.11. The number of carboxylic acids is 1. The molecule has 1 amide bonds. The van der Waals surface area contributed by atoms with Crippen LogP contribution in [0.2, 0.25) is 0 Å². The summed E-state index contributed by atoms with van der Waals surface area (Å²) in [6, 6.07) is 5.96. The van der Waals surface area contributed by atoms with Crippen molar-refractivity contribution in [2.75, 3.05) is 18.9 Å². The molecular weight excluding hydrogens is 428 g/mol. The Bertz CT molecular complexity index is 732. The van der Waals surface area contributed by atoms with E-state index < -0.39 is 33.7 Å². The fourth-order valence-electron chi connectivity index (χ4n) is 2.61. The van der Waals surface area contributed by atoms with Crippen LogP contribution in [0.5, 0.6) is 0 Å². The highest BCUT2D eigenvalue weighted by atomic mass is 79.9. The number of hydrogen-bond acceptors (Lipinski definition) is 5. The van der Waals surface area contributed by atoms with Gasteiger partial charge in [-0.15, -0.1) is 0 Å². The smallest absolute Gasteiger partial charge is 0.305 e. The number of nitrogens with one attached hydrogen (secondary N) is 2. The maximum absolute atomic E-state index is 12.1. The van der Waals surface area contributed by atoms with Crippen LogP contribution in [-0.2, 0) is 24.3 Å². The molecule has 10 heteroatoms. The molecule has 0 radical (unpaired) electrons. The van der Waals surface area contributed by atoms with Gasteiger partial charge in [0.15, 0.2) is 0 Å². The minimum absolute atomic E-state index is 0.126. The summed E-state index contributed by atoms with van der Waals surface area (Å²) in [5.41, 5.74) is 0.577. The van der Waals surface area contributed by atoms with Crippen molar-refractivity contribution in [3.8, 4) is 0 Å². The normalized spacial score (nSPS) is 18.4. The number of ether oxygens (including phenoxy) is 1. The van der Waals surface area contributed by atoms with E-state index in [4.69, 9.17) is 9.84 Å². The first kappa shape index (κ1) is 20.8. The molecule has 26 heavy (non-hydrogen) atoms. The van der Waals surface area contributed by atoms with Crippen molar-refractivity contribution in [2.45, 2.75) is 31.4 Å². The molecule has 1 aliphatic heterocycles. The Morgan fingerprint density at radius 3 is 2.58 bits per heavy atom. The molecule has 0 bridgehead atoms. The molecule has 3 N–H and O–H groups in total. The first-order chi connectivity index (χ1) is 12.2. The number of amides is 1. The van der Waals surface area contributed by atoms with Crippen molar-refractivity contribution >= 4 is 37.8 Å². The Labute approximate surface area is 160 Å². The molecule has 1 heterocycles. The van der Waals surface area contributed by atoms with E-state index in [-0.39, 0.29) is 19.1 Å². The number of carbonyl (C=O) groups is 2. The van der Waals surface area contributed by atoms with Crippen molar-refractivity contribution in [1.82, 2.24) is 10.0 Å². The highest BCUT2D eigenvalue weighted by Gasteiger charge is 2.24. The quantitative estimate of drug-likeness (QED) is 0.521. The standard InChI is InChI=1S/C16H21BrN2O6S/c17-12-5-3-11(4-6-12)14(8-16(21)22)19-15(20)10-26(23,24)18-9-13-2-1-7-25-13/h3-6,13-14,18H,1-2,7-10H2,(H,19,20)(H,21,22). The zero-order valence-electron chi connectivity index (χ0n) is 14.0. The molecule has 0 spiro atoms. The second kappa shape index (κ2) is 9.45. The van der Waals surface area contributed by atoms with Crippen molar-refractivity contribution in [1.29, 1.82) is 0 Å². The highest BCUT2D eigenvalue weighted by molar-refractivity contribution is 9.10. The van der Waals surface area contributed by atoms with E-state index >= 15 is 0 Å². The van der Waals surface area contributed by atoms with E-state index in [1.54, 1.807) is 24.3 Å². The van der Waals surface area contributed by atoms with Crippen LogP contribution in [0, 0.1) is 0 Å². The molecular formula is C16H21BrN2O6S. The van der Waals surface area contributed by atoms with Crippen LogP contribution in [0.1, 0.15) is 30.9 Å². The molecule has 2 rings (SSSR count). The van der Waals surface area contributed by atoms with Gasteiger partial charge >= 0.3 is 5.97 Å². The van der Waals surface area contributed by atoms with Crippen molar-refractivity contribution in [3.05, 3.63) is 34.3 Å². The molecule has 2 atom stereocenters. The van der Waals surface area contributed by atoms with E-state index in [1.165, 1.54) is 0 Å². The average molecular weight is 449 g/mol. The summed E-state index contributed by atoms with van der Waals surface area (Å²) in [7, 11) is -3.83. The predicted molar refractivity (Wildman–Crippen MR) is 98.0 cm³/mol. The Morgan fingerprint density at radius 2 is 2.00 bits per heavy atom. The summed E-state index contributed by atoms with van der Waals surface area (Å²) < 4.78 is 32.6. The number of carboxylic acid groups (broad SMARTS) is 1. The van der Waals surface area contributed by atoms with Gasteiger partial charge in [-0.1, -0.05) is 28.1 Å². The number of sulfonamides is 1. The lowest BCUT2D eigenvalue weighted by Crippen LogP contribution is -2.40. The van der Waals surface area contributed by atoms with Gasteiger partial charge in [0.05, 0.1) is 18.6 Å². The number of carbonyl (C=O) groups excluding carboxylic acids is 1. The molecule has 1 aliphatic rings. The first-order valence-corrected chi connectivity index (χ1v) is 10.6.